The standard InChI is InChI=1S/C12H16INO2/c1-12(2,11(13)15)14-8-9-4-6-10(16-3)7-5-9/h4-7,14H,8H2,1-3H3. The van der Waals surface area contributed by atoms with Gasteiger partial charge in [-0.1, -0.05) is 12.1 Å². The van der Waals surface area contributed by atoms with Crippen molar-refractivity contribution < 1.29 is 9.53 Å². The van der Waals surface area contributed by atoms with Crippen LogP contribution in [0.2, 0.25) is 0 Å². The lowest BCUT2D eigenvalue weighted by Gasteiger charge is -2.21. The summed E-state index contributed by atoms with van der Waals surface area (Å²) in [7, 11) is 1.64. The number of carbonyl (C=O) groups excluding carboxylic acids is 1. The first-order valence-electron chi connectivity index (χ1n) is 5.03. The van der Waals surface area contributed by atoms with E-state index in [0.29, 0.717) is 6.54 Å². The first kappa shape index (κ1) is 13.4. The Morgan fingerprint density at radius 2 is 1.94 bits per heavy atom. The van der Waals surface area contributed by atoms with Crippen molar-refractivity contribution in [3.8, 4) is 5.75 Å². The van der Waals surface area contributed by atoms with E-state index in [-0.39, 0.29) is 3.79 Å². The van der Waals surface area contributed by atoms with E-state index in [9.17, 15) is 4.79 Å². The number of nitrogens with one attached hydrogen (secondary N) is 1. The Balaban J connectivity index is 2.58. The molecule has 0 heterocycles. The highest BCUT2D eigenvalue weighted by molar-refractivity contribution is 14.1. The van der Waals surface area contributed by atoms with Crippen molar-refractivity contribution in [1.82, 2.24) is 5.32 Å². The first-order valence-corrected chi connectivity index (χ1v) is 6.11. The zero-order valence-electron chi connectivity index (χ0n) is 9.71. The van der Waals surface area contributed by atoms with Crippen molar-refractivity contribution >= 4 is 26.4 Å². The van der Waals surface area contributed by atoms with Gasteiger partial charge < -0.3 is 10.1 Å². The van der Waals surface area contributed by atoms with Crippen LogP contribution in [0.1, 0.15) is 19.4 Å². The topological polar surface area (TPSA) is 38.3 Å². The first-order chi connectivity index (χ1) is 7.45. The lowest BCUT2D eigenvalue weighted by Crippen LogP contribution is -2.43. The van der Waals surface area contributed by atoms with E-state index >= 15 is 0 Å². The zero-order valence-corrected chi connectivity index (χ0v) is 11.9. The third-order valence-electron chi connectivity index (χ3n) is 2.38. The molecule has 0 unspecified atom stereocenters. The summed E-state index contributed by atoms with van der Waals surface area (Å²) in [5.41, 5.74) is 0.645. The van der Waals surface area contributed by atoms with E-state index in [1.807, 2.05) is 60.7 Å². The van der Waals surface area contributed by atoms with Gasteiger partial charge in [-0.05, 0) is 31.5 Å². The van der Waals surface area contributed by atoms with E-state index in [4.69, 9.17) is 4.74 Å². The Morgan fingerprint density at radius 3 is 2.38 bits per heavy atom. The molecule has 0 fully saturated rings. The molecule has 0 atom stereocenters. The number of carbonyl (C=O) groups is 1. The lowest BCUT2D eigenvalue weighted by atomic mass is 10.1. The van der Waals surface area contributed by atoms with Gasteiger partial charge in [0.2, 0.25) is 3.79 Å². The number of hydrogen-bond acceptors (Lipinski definition) is 3. The molecule has 0 bridgehead atoms. The Labute approximate surface area is 110 Å². The lowest BCUT2D eigenvalue weighted by molar-refractivity contribution is -0.114. The van der Waals surface area contributed by atoms with Gasteiger partial charge in [0.25, 0.3) is 0 Å². The monoisotopic (exact) mass is 333 g/mol. The second kappa shape index (κ2) is 5.63. The number of halogens is 1. The molecule has 4 heteroatoms. The molecule has 3 nitrogen and oxygen atoms in total. The fraction of sp³-hybridized carbons (Fsp3) is 0.417. The molecule has 0 aliphatic carbocycles. The molecule has 88 valence electrons. The van der Waals surface area contributed by atoms with Crippen LogP contribution in [0.15, 0.2) is 24.3 Å². The fourth-order valence-corrected chi connectivity index (χ4v) is 1.33. The third-order valence-corrected chi connectivity index (χ3v) is 3.73. The molecule has 0 aliphatic rings. The van der Waals surface area contributed by atoms with Gasteiger partial charge in [-0.15, -0.1) is 0 Å². The number of ether oxygens (including phenoxy) is 1. The van der Waals surface area contributed by atoms with Gasteiger partial charge in [0.15, 0.2) is 0 Å². The van der Waals surface area contributed by atoms with E-state index in [0.717, 1.165) is 11.3 Å². The molecule has 0 amide bonds. The molecular weight excluding hydrogens is 317 g/mol. The van der Waals surface area contributed by atoms with Crippen LogP contribution in [0.25, 0.3) is 0 Å². The maximum absolute atomic E-state index is 11.3. The van der Waals surface area contributed by atoms with Crippen molar-refractivity contribution in [2.24, 2.45) is 0 Å². The summed E-state index contributed by atoms with van der Waals surface area (Å²) in [5, 5.41) is 3.21. The number of hydrogen-bond donors (Lipinski definition) is 1. The number of methoxy groups -OCH3 is 1. The zero-order chi connectivity index (χ0) is 12.2. The largest absolute Gasteiger partial charge is 0.497 e. The van der Waals surface area contributed by atoms with Gasteiger partial charge in [0.1, 0.15) is 5.75 Å². The van der Waals surface area contributed by atoms with Crippen molar-refractivity contribution in [3.05, 3.63) is 29.8 Å². The minimum absolute atomic E-state index is 0.110. The summed E-state index contributed by atoms with van der Waals surface area (Å²) in [6, 6.07) is 7.80. The average Bonchev–Trinajstić information content (AvgIpc) is 2.27. The highest BCUT2D eigenvalue weighted by Gasteiger charge is 2.23. The second-order valence-corrected chi connectivity index (χ2v) is 5.08. The smallest absolute Gasteiger partial charge is 0.211 e. The van der Waals surface area contributed by atoms with Crippen LogP contribution >= 0.6 is 22.6 Å². The van der Waals surface area contributed by atoms with Crippen LogP contribution in [0.3, 0.4) is 0 Å². The molecule has 0 saturated carbocycles. The number of rotatable bonds is 5. The molecule has 0 aliphatic heterocycles. The van der Waals surface area contributed by atoms with Gasteiger partial charge in [-0.3, -0.25) is 4.79 Å². The molecule has 1 aromatic rings. The Hall–Kier alpha value is -0.620. The van der Waals surface area contributed by atoms with Crippen LogP contribution in [-0.4, -0.2) is 16.4 Å². The third kappa shape index (κ3) is 3.75. The highest BCUT2D eigenvalue weighted by atomic mass is 127. The predicted molar refractivity (Wildman–Crippen MR) is 72.9 cm³/mol. The van der Waals surface area contributed by atoms with Crippen LogP contribution in [0.4, 0.5) is 0 Å². The Kier molecular flexibility index (Phi) is 4.73. The van der Waals surface area contributed by atoms with Crippen LogP contribution < -0.4 is 10.1 Å². The maximum Gasteiger partial charge on any atom is 0.211 e. The van der Waals surface area contributed by atoms with Crippen LogP contribution in [0, 0.1) is 0 Å². The van der Waals surface area contributed by atoms with Gasteiger partial charge in [0.05, 0.1) is 12.6 Å². The fourth-order valence-electron chi connectivity index (χ4n) is 1.14. The summed E-state index contributed by atoms with van der Waals surface area (Å²) >= 11 is 1.82. The summed E-state index contributed by atoms with van der Waals surface area (Å²) in [6.45, 7) is 4.43. The average molecular weight is 333 g/mol. The summed E-state index contributed by atoms with van der Waals surface area (Å²) < 4.78 is 5.19. The quantitative estimate of drug-likeness (QED) is 0.665. The summed E-state index contributed by atoms with van der Waals surface area (Å²) in [4.78, 5) is 11.3. The predicted octanol–water partition coefficient (Wildman–Crippen LogP) is 2.53. The molecule has 1 aromatic carbocycles. The van der Waals surface area contributed by atoms with Gasteiger partial charge in [-0.25, -0.2) is 0 Å². The number of benzene rings is 1. The maximum atomic E-state index is 11.3. The molecule has 1 N–H and O–H groups in total. The van der Waals surface area contributed by atoms with Crippen molar-refractivity contribution in [1.29, 1.82) is 0 Å². The van der Waals surface area contributed by atoms with Crippen molar-refractivity contribution in [2.45, 2.75) is 25.9 Å². The molecule has 0 aromatic heterocycles. The van der Waals surface area contributed by atoms with Gasteiger partial charge >= 0.3 is 0 Å². The summed E-state index contributed by atoms with van der Waals surface area (Å²) in [6.07, 6.45) is 0. The SMILES string of the molecule is COc1ccc(CNC(C)(C)C(=O)I)cc1. The summed E-state index contributed by atoms with van der Waals surface area (Å²) in [5.74, 6) is 0.841. The molecule has 0 radical (unpaired) electrons. The molecule has 0 spiro atoms. The van der Waals surface area contributed by atoms with Crippen molar-refractivity contribution in [3.63, 3.8) is 0 Å². The second-order valence-electron chi connectivity index (χ2n) is 4.10. The van der Waals surface area contributed by atoms with E-state index in [2.05, 4.69) is 5.32 Å². The molecule has 1 rings (SSSR count). The van der Waals surface area contributed by atoms with Crippen molar-refractivity contribution in [2.75, 3.05) is 7.11 Å². The normalized spacial score (nSPS) is 11.2. The molecular formula is C12H16INO2. The Bertz CT molecular complexity index is 360. The highest BCUT2D eigenvalue weighted by Crippen LogP contribution is 2.14. The minimum Gasteiger partial charge on any atom is -0.497 e. The van der Waals surface area contributed by atoms with E-state index < -0.39 is 5.54 Å². The molecule has 16 heavy (non-hydrogen) atoms. The van der Waals surface area contributed by atoms with Gasteiger partial charge in [-0.2, -0.15) is 0 Å². The van der Waals surface area contributed by atoms with E-state index in [1.54, 1.807) is 7.11 Å². The van der Waals surface area contributed by atoms with Gasteiger partial charge in [0, 0.05) is 29.1 Å². The minimum atomic E-state index is -0.486. The van der Waals surface area contributed by atoms with E-state index in [1.165, 1.54) is 0 Å². The molecule has 0 saturated heterocycles. The van der Waals surface area contributed by atoms with Crippen LogP contribution in [-0.2, 0) is 11.3 Å². The Morgan fingerprint density at radius 1 is 1.38 bits per heavy atom. The van der Waals surface area contributed by atoms with Crippen LogP contribution in [0.5, 0.6) is 5.75 Å².